The summed E-state index contributed by atoms with van der Waals surface area (Å²) < 4.78 is 5.37. The van der Waals surface area contributed by atoms with Gasteiger partial charge < -0.3 is 4.74 Å². The van der Waals surface area contributed by atoms with Gasteiger partial charge in [0.05, 0.1) is 12.5 Å². The van der Waals surface area contributed by atoms with Crippen LogP contribution in [0.4, 0.5) is 0 Å². The molecule has 2 aromatic rings. The van der Waals surface area contributed by atoms with Gasteiger partial charge in [-0.1, -0.05) is 54.6 Å². The highest BCUT2D eigenvalue weighted by Gasteiger charge is 2.52. The minimum Gasteiger partial charge on any atom is -0.466 e. The van der Waals surface area contributed by atoms with Crippen molar-refractivity contribution in [1.29, 1.82) is 0 Å². The monoisotopic (exact) mass is 346 g/mol. The Kier molecular flexibility index (Phi) is 4.46. The number of ketones is 1. The standard InChI is InChI=1S/C23H22O3/c1-2-26-23(25)21-19(14-15-8-4-3-5-9-15)22(24)18-13-12-16-10-6-7-11-17(16)20(18)21/h3-11,14,18,20-21H,2,12-13H2,1H3/b19-14+/t18-,20+,21+/m1/s1. The Balaban J connectivity index is 1.84. The van der Waals surface area contributed by atoms with Gasteiger partial charge in [-0.05, 0) is 42.5 Å². The first-order valence-electron chi connectivity index (χ1n) is 9.26. The molecule has 1 fully saturated rings. The minimum absolute atomic E-state index is 0.103. The maximum Gasteiger partial charge on any atom is 0.314 e. The third-order valence-electron chi connectivity index (χ3n) is 5.55. The number of carbonyl (C=O) groups excluding carboxylic acids is 2. The van der Waals surface area contributed by atoms with Gasteiger partial charge in [0.15, 0.2) is 5.78 Å². The largest absolute Gasteiger partial charge is 0.466 e. The summed E-state index contributed by atoms with van der Waals surface area (Å²) in [5.74, 6) is -0.941. The first-order valence-corrected chi connectivity index (χ1v) is 9.26. The second-order valence-electron chi connectivity index (χ2n) is 6.97. The van der Waals surface area contributed by atoms with Crippen molar-refractivity contribution in [3.05, 3.63) is 76.9 Å². The fraction of sp³-hybridized carbons (Fsp3) is 0.304. The predicted molar refractivity (Wildman–Crippen MR) is 101 cm³/mol. The molecule has 4 rings (SSSR count). The number of rotatable bonds is 3. The van der Waals surface area contributed by atoms with Gasteiger partial charge in [0.1, 0.15) is 0 Å². The van der Waals surface area contributed by atoms with Gasteiger partial charge in [-0.2, -0.15) is 0 Å². The SMILES string of the molecule is CCOC(=O)[C@H]1/C(=C\c2ccccc2)C(=O)[C@@H]2CCc3ccccc3[C@@H]21. The van der Waals surface area contributed by atoms with Crippen molar-refractivity contribution in [1.82, 2.24) is 0 Å². The summed E-state index contributed by atoms with van der Waals surface area (Å²) in [6.07, 6.45) is 3.56. The first kappa shape index (κ1) is 16.8. The van der Waals surface area contributed by atoms with E-state index in [0.29, 0.717) is 12.2 Å². The highest BCUT2D eigenvalue weighted by atomic mass is 16.5. The van der Waals surface area contributed by atoms with E-state index in [1.165, 1.54) is 5.56 Å². The molecule has 3 atom stereocenters. The van der Waals surface area contributed by atoms with Crippen molar-refractivity contribution in [3.8, 4) is 0 Å². The third-order valence-corrected chi connectivity index (χ3v) is 5.55. The number of carbonyl (C=O) groups is 2. The van der Waals surface area contributed by atoms with Crippen LogP contribution in [0.2, 0.25) is 0 Å². The fourth-order valence-corrected chi connectivity index (χ4v) is 4.46. The van der Waals surface area contributed by atoms with E-state index in [2.05, 4.69) is 12.1 Å². The van der Waals surface area contributed by atoms with Gasteiger partial charge in [-0.15, -0.1) is 0 Å². The zero-order valence-corrected chi connectivity index (χ0v) is 14.9. The van der Waals surface area contributed by atoms with Crippen molar-refractivity contribution in [2.24, 2.45) is 11.8 Å². The van der Waals surface area contributed by atoms with Gasteiger partial charge in [-0.25, -0.2) is 0 Å². The molecule has 0 saturated heterocycles. The molecule has 0 radical (unpaired) electrons. The Bertz CT molecular complexity index is 866. The molecule has 0 unspecified atom stereocenters. The third kappa shape index (κ3) is 2.78. The van der Waals surface area contributed by atoms with E-state index in [1.807, 2.05) is 55.5 Å². The Morgan fingerprint density at radius 2 is 1.85 bits per heavy atom. The molecule has 0 bridgehead atoms. The van der Waals surface area contributed by atoms with Crippen LogP contribution in [0.15, 0.2) is 60.2 Å². The van der Waals surface area contributed by atoms with Crippen LogP contribution in [0.3, 0.4) is 0 Å². The summed E-state index contributed by atoms with van der Waals surface area (Å²) in [6.45, 7) is 2.13. The highest BCUT2D eigenvalue weighted by Crippen LogP contribution is 2.51. The zero-order chi connectivity index (χ0) is 18.1. The lowest BCUT2D eigenvalue weighted by Gasteiger charge is -2.29. The second kappa shape index (κ2) is 6.91. The molecule has 0 amide bonds. The number of esters is 1. The molecule has 3 nitrogen and oxygen atoms in total. The average Bonchev–Trinajstić information content (AvgIpc) is 2.95. The minimum atomic E-state index is -0.519. The molecule has 3 heteroatoms. The number of hydrogen-bond donors (Lipinski definition) is 0. The molecule has 0 aromatic heterocycles. The van der Waals surface area contributed by atoms with Crippen LogP contribution in [-0.4, -0.2) is 18.4 Å². The number of fused-ring (bicyclic) bond motifs is 3. The molecule has 1 saturated carbocycles. The Morgan fingerprint density at radius 1 is 1.12 bits per heavy atom. The van der Waals surface area contributed by atoms with Crippen LogP contribution in [0.25, 0.3) is 6.08 Å². The number of hydrogen-bond acceptors (Lipinski definition) is 3. The molecule has 0 spiro atoms. The summed E-state index contributed by atoms with van der Waals surface area (Å²) in [4.78, 5) is 26.0. The molecular weight excluding hydrogens is 324 g/mol. The molecule has 0 N–H and O–H groups in total. The Hall–Kier alpha value is -2.68. The summed E-state index contributed by atoms with van der Waals surface area (Å²) in [5, 5.41) is 0. The van der Waals surface area contributed by atoms with Crippen LogP contribution in [-0.2, 0) is 20.7 Å². The first-order chi connectivity index (χ1) is 12.7. The summed E-state index contributed by atoms with van der Waals surface area (Å²) in [5.41, 5.74) is 3.92. The Morgan fingerprint density at radius 3 is 2.62 bits per heavy atom. The van der Waals surface area contributed by atoms with Crippen molar-refractivity contribution < 1.29 is 14.3 Å². The van der Waals surface area contributed by atoms with Crippen LogP contribution < -0.4 is 0 Å². The van der Waals surface area contributed by atoms with Crippen molar-refractivity contribution in [2.45, 2.75) is 25.7 Å². The summed E-state index contributed by atoms with van der Waals surface area (Å²) in [7, 11) is 0. The van der Waals surface area contributed by atoms with Gasteiger partial charge >= 0.3 is 5.97 Å². The lowest BCUT2D eigenvalue weighted by molar-refractivity contribution is -0.147. The molecule has 132 valence electrons. The van der Waals surface area contributed by atoms with Crippen molar-refractivity contribution in [3.63, 3.8) is 0 Å². The molecule has 2 aliphatic rings. The van der Waals surface area contributed by atoms with E-state index in [1.54, 1.807) is 0 Å². The van der Waals surface area contributed by atoms with E-state index >= 15 is 0 Å². The number of ether oxygens (including phenoxy) is 1. The van der Waals surface area contributed by atoms with E-state index < -0.39 is 5.92 Å². The molecule has 2 aliphatic carbocycles. The van der Waals surface area contributed by atoms with Crippen LogP contribution in [0.1, 0.15) is 36.0 Å². The van der Waals surface area contributed by atoms with Crippen molar-refractivity contribution in [2.75, 3.05) is 6.61 Å². The van der Waals surface area contributed by atoms with Crippen LogP contribution >= 0.6 is 0 Å². The fourth-order valence-electron chi connectivity index (χ4n) is 4.46. The van der Waals surface area contributed by atoms with Crippen LogP contribution in [0.5, 0.6) is 0 Å². The highest BCUT2D eigenvalue weighted by molar-refractivity contribution is 6.09. The zero-order valence-electron chi connectivity index (χ0n) is 14.9. The van der Waals surface area contributed by atoms with Crippen LogP contribution in [0, 0.1) is 11.8 Å². The predicted octanol–water partition coefficient (Wildman–Crippen LogP) is 4.18. The summed E-state index contributed by atoms with van der Waals surface area (Å²) in [6, 6.07) is 17.9. The average molecular weight is 346 g/mol. The van der Waals surface area contributed by atoms with Gasteiger partial charge in [0.25, 0.3) is 0 Å². The molecule has 0 aliphatic heterocycles. The smallest absolute Gasteiger partial charge is 0.314 e. The lowest BCUT2D eigenvalue weighted by atomic mass is 9.73. The van der Waals surface area contributed by atoms with Gasteiger partial charge in [0, 0.05) is 17.4 Å². The quantitative estimate of drug-likeness (QED) is 0.619. The van der Waals surface area contributed by atoms with E-state index in [0.717, 1.165) is 24.0 Å². The molecular formula is C23H22O3. The summed E-state index contributed by atoms with van der Waals surface area (Å²) >= 11 is 0. The van der Waals surface area contributed by atoms with E-state index in [4.69, 9.17) is 4.74 Å². The number of aryl methyl sites for hydroxylation is 1. The second-order valence-corrected chi connectivity index (χ2v) is 6.97. The van der Waals surface area contributed by atoms with Gasteiger partial charge in [0.2, 0.25) is 0 Å². The molecule has 0 heterocycles. The maximum atomic E-state index is 13.2. The van der Waals surface area contributed by atoms with E-state index in [9.17, 15) is 9.59 Å². The van der Waals surface area contributed by atoms with E-state index in [-0.39, 0.29) is 23.6 Å². The normalized spacial score (nSPS) is 25.7. The maximum absolute atomic E-state index is 13.2. The van der Waals surface area contributed by atoms with Gasteiger partial charge in [-0.3, -0.25) is 9.59 Å². The topological polar surface area (TPSA) is 43.4 Å². The molecule has 2 aromatic carbocycles. The Labute approximate surface area is 153 Å². The lowest BCUT2D eigenvalue weighted by Crippen LogP contribution is -2.27. The number of Topliss-reactive ketones (excluding diaryl/α,β-unsaturated/α-hetero) is 1. The van der Waals surface area contributed by atoms with Crippen molar-refractivity contribution >= 4 is 17.8 Å². The molecule has 26 heavy (non-hydrogen) atoms. The number of benzene rings is 2.